The molecule has 0 fully saturated rings. The number of ether oxygens (including phenoxy) is 1. The molecule has 0 amide bonds. The molecule has 0 radical (unpaired) electrons. The van der Waals surface area contributed by atoms with Crippen LogP contribution in [0, 0.1) is 0 Å². The molecule has 0 aliphatic carbocycles. The Morgan fingerprint density at radius 2 is 2.24 bits per heavy atom. The van der Waals surface area contributed by atoms with Crippen molar-refractivity contribution >= 4 is 34.3 Å². The van der Waals surface area contributed by atoms with Crippen molar-refractivity contribution in [1.29, 1.82) is 0 Å². The standard InChI is InChI=1S/C14H13ClN2O4/c1-2-20-13(18)12(17-16)14(19,8-15)11-7-9-5-3-4-6-10(9)21-11/h3-7,19H,2,8H2,1H3. The summed E-state index contributed by atoms with van der Waals surface area (Å²) in [5.41, 5.74) is 6.86. The largest absolute Gasteiger partial charge is 0.457 e. The number of halogens is 1. The van der Waals surface area contributed by atoms with E-state index in [9.17, 15) is 9.90 Å². The van der Waals surface area contributed by atoms with Crippen molar-refractivity contribution in [3.63, 3.8) is 0 Å². The van der Waals surface area contributed by atoms with Gasteiger partial charge < -0.3 is 19.8 Å². The summed E-state index contributed by atoms with van der Waals surface area (Å²) < 4.78 is 10.2. The van der Waals surface area contributed by atoms with Gasteiger partial charge in [0.1, 0.15) is 5.58 Å². The SMILES string of the molecule is CCOC(=O)C(=[N+]=[N-])C(O)(CCl)c1cc2ccccc2o1. The van der Waals surface area contributed by atoms with Gasteiger partial charge in [0.25, 0.3) is 0 Å². The molecule has 1 atom stereocenters. The quantitative estimate of drug-likeness (QED) is 0.301. The topological polar surface area (TPSA) is 96.1 Å². The van der Waals surface area contributed by atoms with Gasteiger partial charge in [0, 0.05) is 5.39 Å². The fourth-order valence-electron chi connectivity index (χ4n) is 1.92. The number of aliphatic hydroxyl groups is 1. The average molecular weight is 309 g/mol. The summed E-state index contributed by atoms with van der Waals surface area (Å²) in [5, 5.41) is 11.4. The Kier molecular flexibility index (Phi) is 4.43. The lowest BCUT2D eigenvalue weighted by Crippen LogP contribution is -2.43. The predicted octanol–water partition coefficient (Wildman–Crippen LogP) is 2.09. The van der Waals surface area contributed by atoms with Crippen molar-refractivity contribution in [3.05, 3.63) is 41.6 Å². The van der Waals surface area contributed by atoms with E-state index in [0.29, 0.717) is 5.58 Å². The first-order valence-corrected chi connectivity index (χ1v) is 6.77. The van der Waals surface area contributed by atoms with E-state index in [1.54, 1.807) is 31.2 Å². The number of nitrogens with zero attached hydrogens (tertiary/aromatic N) is 2. The Balaban J connectivity index is 2.53. The number of hydrogen-bond donors (Lipinski definition) is 1. The minimum absolute atomic E-state index is 0.000414. The molecule has 1 N–H and O–H groups in total. The van der Waals surface area contributed by atoms with E-state index in [1.165, 1.54) is 6.07 Å². The van der Waals surface area contributed by atoms with Gasteiger partial charge in [-0.15, -0.1) is 11.6 Å². The monoisotopic (exact) mass is 308 g/mol. The van der Waals surface area contributed by atoms with E-state index >= 15 is 0 Å². The van der Waals surface area contributed by atoms with Gasteiger partial charge in [0.2, 0.25) is 5.60 Å². The zero-order chi connectivity index (χ0) is 15.5. The Labute approximate surface area is 125 Å². The molecule has 0 bridgehead atoms. The molecule has 7 heteroatoms. The maximum absolute atomic E-state index is 11.8. The van der Waals surface area contributed by atoms with Gasteiger partial charge in [-0.05, 0) is 19.1 Å². The number of para-hydroxylation sites is 1. The van der Waals surface area contributed by atoms with E-state index in [2.05, 4.69) is 4.79 Å². The van der Waals surface area contributed by atoms with Gasteiger partial charge in [0.15, 0.2) is 5.76 Å². The number of furan rings is 1. The Hall–Kier alpha value is -2.14. The third kappa shape index (κ3) is 2.69. The Bertz CT molecular complexity index is 688. The molecule has 1 unspecified atom stereocenters. The molecule has 2 rings (SSSR count). The first-order chi connectivity index (χ1) is 10.1. The Morgan fingerprint density at radius 1 is 1.52 bits per heavy atom. The third-order valence-corrected chi connectivity index (χ3v) is 3.37. The van der Waals surface area contributed by atoms with Crippen LogP contribution in [0.4, 0.5) is 0 Å². The highest BCUT2D eigenvalue weighted by molar-refractivity contribution is 6.39. The lowest BCUT2D eigenvalue weighted by molar-refractivity contribution is -0.143. The predicted molar refractivity (Wildman–Crippen MR) is 76.1 cm³/mol. The maximum Gasteiger partial charge on any atom is 0.420 e. The van der Waals surface area contributed by atoms with Crippen LogP contribution in [-0.4, -0.2) is 34.1 Å². The fourth-order valence-corrected chi connectivity index (χ4v) is 2.18. The van der Waals surface area contributed by atoms with Crippen LogP contribution in [0.3, 0.4) is 0 Å². The number of carbonyl (C=O) groups is 1. The first kappa shape index (κ1) is 15.3. The number of benzene rings is 1. The van der Waals surface area contributed by atoms with Crippen LogP contribution in [-0.2, 0) is 15.1 Å². The average Bonchev–Trinajstić information content (AvgIpc) is 2.92. The minimum atomic E-state index is -2.08. The van der Waals surface area contributed by atoms with Crippen molar-refractivity contribution in [3.8, 4) is 0 Å². The Morgan fingerprint density at radius 3 is 2.81 bits per heavy atom. The molecule has 1 heterocycles. The molecule has 1 aromatic heterocycles. The summed E-state index contributed by atoms with van der Waals surface area (Å²) in [6.45, 7) is 1.66. The van der Waals surface area contributed by atoms with Crippen LogP contribution in [0.5, 0.6) is 0 Å². The minimum Gasteiger partial charge on any atom is -0.457 e. The highest BCUT2D eigenvalue weighted by Crippen LogP contribution is 2.30. The van der Waals surface area contributed by atoms with E-state index < -0.39 is 23.2 Å². The number of fused-ring (bicyclic) bond motifs is 1. The zero-order valence-corrected chi connectivity index (χ0v) is 12.0. The van der Waals surface area contributed by atoms with Crippen molar-refractivity contribution in [2.24, 2.45) is 0 Å². The lowest BCUT2D eigenvalue weighted by atomic mass is 9.96. The highest BCUT2D eigenvalue weighted by Gasteiger charge is 2.50. The fraction of sp³-hybridized carbons (Fsp3) is 0.286. The smallest absolute Gasteiger partial charge is 0.420 e. The van der Waals surface area contributed by atoms with E-state index in [1.807, 2.05) is 0 Å². The van der Waals surface area contributed by atoms with Crippen molar-refractivity contribution < 1.29 is 23.8 Å². The second kappa shape index (κ2) is 6.10. The van der Waals surface area contributed by atoms with Crippen LogP contribution in [0.25, 0.3) is 16.5 Å². The van der Waals surface area contributed by atoms with Gasteiger partial charge >= 0.3 is 11.7 Å². The first-order valence-electron chi connectivity index (χ1n) is 6.24. The van der Waals surface area contributed by atoms with E-state index in [-0.39, 0.29) is 12.4 Å². The van der Waals surface area contributed by atoms with Crippen LogP contribution in [0.15, 0.2) is 34.7 Å². The molecule has 0 aliphatic heterocycles. The van der Waals surface area contributed by atoms with E-state index in [4.69, 9.17) is 26.3 Å². The molecule has 6 nitrogen and oxygen atoms in total. The third-order valence-electron chi connectivity index (χ3n) is 2.99. The molecule has 0 saturated heterocycles. The summed E-state index contributed by atoms with van der Waals surface area (Å²) in [5.74, 6) is -1.41. The lowest BCUT2D eigenvalue weighted by Gasteiger charge is -2.17. The second-order valence-electron chi connectivity index (χ2n) is 4.31. The van der Waals surface area contributed by atoms with E-state index in [0.717, 1.165) is 5.39 Å². The van der Waals surface area contributed by atoms with Gasteiger partial charge in [-0.25, -0.2) is 4.79 Å². The number of esters is 1. The molecule has 2 aromatic rings. The summed E-state index contributed by atoms with van der Waals surface area (Å²) >= 11 is 5.78. The molecule has 0 saturated carbocycles. The summed E-state index contributed by atoms with van der Waals surface area (Å²) in [7, 11) is 0. The summed E-state index contributed by atoms with van der Waals surface area (Å²) in [6, 6.07) is 8.57. The maximum atomic E-state index is 11.8. The summed E-state index contributed by atoms with van der Waals surface area (Å²) in [6.07, 6.45) is 0. The van der Waals surface area contributed by atoms with Crippen molar-refractivity contribution in [1.82, 2.24) is 0 Å². The van der Waals surface area contributed by atoms with Crippen molar-refractivity contribution in [2.75, 3.05) is 12.5 Å². The van der Waals surface area contributed by atoms with Gasteiger partial charge in [-0.2, -0.15) is 4.79 Å². The van der Waals surface area contributed by atoms with Crippen molar-refractivity contribution in [2.45, 2.75) is 12.5 Å². The van der Waals surface area contributed by atoms with Crippen LogP contribution < -0.4 is 0 Å². The van der Waals surface area contributed by atoms with Crippen LogP contribution >= 0.6 is 11.6 Å². The normalized spacial score (nSPS) is 13.5. The van der Waals surface area contributed by atoms with Crippen LogP contribution in [0.2, 0.25) is 0 Å². The number of carbonyl (C=O) groups excluding carboxylic acids is 1. The molecule has 0 spiro atoms. The van der Waals surface area contributed by atoms with Crippen LogP contribution in [0.1, 0.15) is 12.7 Å². The highest BCUT2D eigenvalue weighted by atomic mass is 35.5. The zero-order valence-electron chi connectivity index (χ0n) is 11.2. The molecular weight excluding hydrogens is 296 g/mol. The van der Waals surface area contributed by atoms with Gasteiger partial charge in [0.05, 0.1) is 12.5 Å². The molecule has 21 heavy (non-hydrogen) atoms. The number of hydrogen-bond acceptors (Lipinski definition) is 4. The summed E-state index contributed by atoms with van der Waals surface area (Å²) in [4.78, 5) is 14.6. The second-order valence-corrected chi connectivity index (χ2v) is 4.58. The van der Waals surface area contributed by atoms with Gasteiger partial charge in [-0.1, -0.05) is 18.2 Å². The number of alkyl halides is 1. The molecule has 110 valence electrons. The number of rotatable bonds is 5. The molecule has 0 aliphatic rings. The molecule has 1 aromatic carbocycles. The van der Waals surface area contributed by atoms with Gasteiger partial charge in [-0.3, -0.25) is 0 Å². The molecular formula is C14H13ClN2O4.